The minimum absolute atomic E-state index is 0.182. The molecule has 1 aliphatic heterocycles. The van der Waals surface area contributed by atoms with E-state index in [4.69, 9.17) is 9.15 Å². The van der Waals surface area contributed by atoms with Gasteiger partial charge in [-0.15, -0.1) is 5.10 Å². The Kier molecular flexibility index (Phi) is 4.30. The molecule has 7 nitrogen and oxygen atoms in total. The van der Waals surface area contributed by atoms with Crippen LogP contribution in [0.1, 0.15) is 29.1 Å². The van der Waals surface area contributed by atoms with Gasteiger partial charge in [-0.3, -0.25) is 4.79 Å². The molecule has 1 atom stereocenters. The Morgan fingerprint density at radius 3 is 3.24 bits per heavy atom. The van der Waals surface area contributed by atoms with Crippen LogP contribution in [0.25, 0.3) is 0 Å². The highest BCUT2D eigenvalue weighted by Gasteiger charge is 2.18. The number of furan rings is 1. The van der Waals surface area contributed by atoms with Crippen LogP contribution in [0.2, 0.25) is 0 Å². The largest absolute Gasteiger partial charge is 0.469 e. The molecule has 0 radical (unpaired) electrons. The van der Waals surface area contributed by atoms with E-state index in [1.807, 2.05) is 12.1 Å². The molecule has 0 aliphatic carbocycles. The number of hydrogen-bond acceptors (Lipinski definition) is 5. The van der Waals surface area contributed by atoms with E-state index in [-0.39, 0.29) is 12.0 Å². The predicted octanol–water partition coefficient (Wildman–Crippen LogP) is 1.02. The first-order valence-corrected chi connectivity index (χ1v) is 7.13. The molecule has 0 aromatic carbocycles. The highest BCUT2D eigenvalue weighted by molar-refractivity contribution is 5.91. The molecule has 7 heteroatoms. The molecule has 1 saturated heterocycles. The van der Waals surface area contributed by atoms with E-state index < -0.39 is 0 Å². The lowest BCUT2D eigenvalue weighted by molar-refractivity contribution is 0.0930. The first kappa shape index (κ1) is 13.8. The number of hydrogen-bond donors (Lipinski definition) is 1. The lowest BCUT2D eigenvalue weighted by Crippen LogP contribution is -2.26. The predicted molar refractivity (Wildman–Crippen MR) is 73.7 cm³/mol. The minimum atomic E-state index is -0.222. The Labute approximate surface area is 122 Å². The van der Waals surface area contributed by atoms with Crippen molar-refractivity contribution in [2.45, 2.75) is 31.9 Å². The molecule has 1 unspecified atom stereocenters. The van der Waals surface area contributed by atoms with E-state index in [9.17, 15) is 4.79 Å². The third kappa shape index (κ3) is 3.69. The monoisotopic (exact) mass is 290 g/mol. The summed E-state index contributed by atoms with van der Waals surface area (Å²) in [4.78, 5) is 11.9. The summed E-state index contributed by atoms with van der Waals surface area (Å²) in [5.74, 6) is 0.623. The van der Waals surface area contributed by atoms with Crippen LogP contribution in [0.4, 0.5) is 0 Å². The van der Waals surface area contributed by atoms with Crippen molar-refractivity contribution in [3.8, 4) is 0 Å². The molecule has 0 spiro atoms. The molecule has 3 rings (SSSR count). The Morgan fingerprint density at radius 1 is 1.52 bits per heavy atom. The molecule has 2 aromatic heterocycles. The van der Waals surface area contributed by atoms with Gasteiger partial charge in [0.1, 0.15) is 5.76 Å². The van der Waals surface area contributed by atoms with Crippen molar-refractivity contribution >= 4 is 5.91 Å². The van der Waals surface area contributed by atoms with E-state index in [0.29, 0.717) is 25.2 Å². The second-order valence-corrected chi connectivity index (χ2v) is 5.05. The number of aromatic nitrogens is 3. The normalized spacial score (nSPS) is 18.0. The Bertz CT molecular complexity index is 573. The van der Waals surface area contributed by atoms with Gasteiger partial charge in [0.15, 0.2) is 5.69 Å². The highest BCUT2D eigenvalue weighted by Crippen LogP contribution is 2.13. The van der Waals surface area contributed by atoms with Gasteiger partial charge < -0.3 is 14.5 Å². The maximum atomic E-state index is 11.9. The van der Waals surface area contributed by atoms with Gasteiger partial charge in [-0.1, -0.05) is 5.21 Å². The molecular weight excluding hydrogens is 272 g/mol. The number of ether oxygens (including phenoxy) is 1. The summed E-state index contributed by atoms with van der Waals surface area (Å²) in [5, 5.41) is 10.7. The van der Waals surface area contributed by atoms with Crippen LogP contribution in [-0.4, -0.2) is 40.2 Å². The zero-order chi connectivity index (χ0) is 14.5. The van der Waals surface area contributed by atoms with Crippen LogP contribution in [-0.2, 0) is 17.7 Å². The summed E-state index contributed by atoms with van der Waals surface area (Å²) in [5.41, 5.74) is 0.326. The summed E-state index contributed by atoms with van der Waals surface area (Å²) in [7, 11) is 0. The van der Waals surface area contributed by atoms with Crippen LogP contribution < -0.4 is 5.32 Å². The molecule has 3 heterocycles. The van der Waals surface area contributed by atoms with Gasteiger partial charge in [-0.25, -0.2) is 4.68 Å². The maximum Gasteiger partial charge on any atom is 0.273 e. The smallest absolute Gasteiger partial charge is 0.273 e. The number of carbonyl (C=O) groups is 1. The topological polar surface area (TPSA) is 82.2 Å². The Balaban J connectivity index is 1.47. The van der Waals surface area contributed by atoms with E-state index in [1.54, 1.807) is 17.1 Å². The SMILES string of the molecule is O=C(NCCc1ccco1)c1cn(CC2CCCO2)nn1. The van der Waals surface area contributed by atoms with Crippen molar-refractivity contribution in [1.82, 2.24) is 20.3 Å². The number of amides is 1. The summed E-state index contributed by atoms with van der Waals surface area (Å²) < 4.78 is 12.4. The van der Waals surface area contributed by atoms with E-state index in [1.165, 1.54) is 0 Å². The van der Waals surface area contributed by atoms with Gasteiger partial charge in [-0.2, -0.15) is 0 Å². The average molecular weight is 290 g/mol. The fourth-order valence-corrected chi connectivity index (χ4v) is 2.33. The molecule has 1 fully saturated rings. The second kappa shape index (κ2) is 6.53. The van der Waals surface area contributed by atoms with Gasteiger partial charge >= 0.3 is 0 Å². The Morgan fingerprint density at radius 2 is 2.48 bits per heavy atom. The van der Waals surface area contributed by atoms with Crippen molar-refractivity contribution in [1.29, 1.82) is 0 Å². The van der Waals surface area contributed by atoms with Crippen molar-refractivity contribution in [3.05, 3.63) is 36.0 Å². The zero-order valence-electron chi connectivity index (χ0n) is 11.7. The summed E-state index contributed by atoms with van der Waals surface area (Å²) in [6.07, 6.45) is 6.23. The van der Waals surface area contributed by atoms with Crippen LogP contribution in [0.15, 0.2) is 29.0 Å². The molecule has 1 N–H and O–H groups in total. The molecular formula is C14H18N4O3. The van der Waals surface area contributed by atoms with E-state index >= 15 is 0 Å². The van der Waals surface area contributed by atoms with Gasteiger partial charge in [-0.05, 0) is 25.0 Å². The quantitative estimate of drug-likeness (QED) is 0.859. The van der Waals surface area contributed by atoms with Crippen molar-refractivity contribution in [2.24, 2.45) is 0 Å². The van der Waals surface area contributed by atoms with Crippen LogP contribution >= 0.6 is 0 Å². The lowest BCUT2D eigenvalue weighted by Gasteiger charge is -2.07. The standard InChI is InChI=1S/C14H18N4O3/c19-14(15-6-5-11-3-1-7-20-11)13-10-18(17-16-13)9-12-4-2-8-21-12/h1,3,7,10,12H,2,4-6,8-9H2,(H,15,19). The van der Waals surface area contributed by atoms with Gasteiger partial charge in [0.25, 0.3) is 5.91 Å². The molecule has 2 aromatic rings. The molecule has 0 bridgehead atoms. The van der Waals surface area contributed by atoms with Crippen LogP contribution in [0.3, 0.4) is 0 Å². The summed E-state index contributed by atoms with van der Waals surface area (Å²) in [6.45, 7) is 1.96. The molecule has 112 valence electrons. The molecule has 21 heavy (non-hydrogen) atoms. The van der Waals surface area contributed by atoms with E-state index in [2.05, 4.69) is 15.6 Å². The third-order valence-corrected chi connectivity index (χ3v) is 3.42. The van der Waals surface area contributed by atoms with Crippen molar-refractivity contribution < 1.29 is 13.9 Å². The first-order valence-electron chi connectivity index (χ1n) is 7.13. The maximum absolute atomic E-state index is 11.9. The second-order valence-electron chi connectivity index (χ2n) is 5.05. The Hall–Kier alpha value is -2.15. The number of nitrogens with one attached hydrogen (secondary N) is 1. The number of carbonyl (C=O) groups excluding carboxylic acids is 1. The van der Waals surface area contributed by atoms with Crippen LogP contribution in [0, 0.1) is 0 Å². The fraction of sp³-hybridized carbons (Fsp3) is 0.500. The highest BCUT2D eigenvalue weighted by atomic mass is 16.5. The molecule has 1 aliphatic rings. The fourth-order valence-electron chi connectivity index (χ4n) is 2.33. The van der Waals surface area contributed by atoms with Gasteiger partial charge in [0.2, 0.25) is 0 Å². The number of rotatable bonds is 6. The molecule has 1 amide bonds. The van der Waals surface area contributed by atoms with E-state index in [0.717, 1.165) is 25.2 Å². The van der Waals surface area contributed by atoms with Gasteiger partial charge in [0, 0.05) is 19.6 Å². The van der Waals surface area contributed by atoms with Crippen molar-refractivity contribution in [3.63, 3.8) is 0 Å². The zero-order valence-corrected chi connectivity index (χ0v) is 11.7. The first-order chi connectivity index (χ1) is 10.3. The minimum Gasteiger partial charge on any atom is -0.469 e. The lowest BCUT2D eigenvalue weighted by atomic mass is 10.2. The number of nitrogens with zero attached hydrogens (tertiary/aromatic N) is 3. The average Bonchev–Trinajstić information content (AvgIpc) is 3.20. The molecule has 0 saturated carbocycles. The van der Waals surface area contributed by atoms with Crippen LogP contribution in [0.5, 0.6) is 0 Å². The third-order valence-electron chi connectivity index (χ3n) is 3.42. The van der Waals surface area contributed by atoms with Gasteiger partial charge in [0.05, 0.1) is 25.1 Å². The summed E-state index contributed by atoms with van der Waals surface area (Å²) >= 11 is 0. The van der Waals surface area contributed by atoms with Crippen molar-refractivity contribution in [2.75, 3.05) is 13.2 Å². The summed E-state index contributed by atoms with van der Waals surface area (Å²) in [6, 6.07) is 3.71.